The number of unbranched alkanes of at least 4 members (excludes halogenated alkanes) is 1. The minimum absolute atomic E-state index is 0.605. The van der Waals surface area contributed by atoms with E-state index >= 15 is 0 Å². The molecule has 0 fully saturated rings. The van der Waals surface area contributed by atoms with Gasteiger partial charge in [-0.05, 0) is 37.4 Å². The first-order chi connectivity index (χ1) is 7.20. The van der Waals surface area contributed by atoms with Crippen LogP contribution in [0.3, 0.4) is 0 Å². The van der Waals surface area contributed by atoms with Crippen LogP contribution in [0.5, 0.6) is 0 Å². The maximum atomic E-state index is 3.57. The maximum Gasteiger partial charge on any atom is 0.0207 e. The van der Waals surface area contributed by atoms with Crippen LogP contribution in [-0.4, -0.2) is 12.6 Å². The van der Waals surface area contributed by atoms with Gasteiger partial charge < -0.3 is 5.32 Å². The van der Waals surface area contributed by atoms with E-state index < -0.39 is 0 Å². The summed E-state index contributed by atoms with van der Waals surface area (Å²) < 4.78 is 1.24. The second-order valence-electron chi connectivity index (χ2n) is 4.16. The molecular formula is C13H20BrN. The van der Waals surface area contributed by atoms with Crippen LogP contribution in [0.15, 0.2) is 28.7 Å². The molecular weight excluding hydrogens is 250 g/mol. The molecule has 0 spiro atoms. The normalized spacial score (nSPS) is 10.9. The molecule has 15 heavy (non-hydrogen) atoms. The molecule has 0 bridgehead atoms. The Morgan fingerprint density at radius 3 is 2.60 bits per heavy atom. The van der Waals surface area contributed by atoms with Crippen LogP contribution < -0.4 is 5.32 Å². The molecule has 0 saturated carbocycles. The smallest absolute Gasteiger partial charge is 0.0207 e. The van der Waals surface area contributed by atoms with Gasteiger partial charge in [0.05, 0.1) is 0 Å². The maximum absolute atomic E-state index is 3.57. The lowest BCUT2D eigenvalue weighted by Crippen LogP contribution is -2.23. The molecule has 0 atom stereocenters. The molecule has 0 aliphatic rings. The standard InChI is InChI=1S/C13H20BrN/c1-11(2)15-10-6-5-8-12-7-3-4-9-13(12)14/h3-4,7,9,11,15H,5-6,8,10H2,1-2H3. The van der Waals surface area contributed by atoms with Gasteiger partial charge in [0, 0.05) is 10.5 Å². The molecule has 0 radical (unpaired) electrons. The molecule has 0 aromatic heterocycles. The fraction of sp³-hybridized carbons (Fsp3) is 0.538. The van der Waals surface area contributed by atoms with Gasteiger partial charge in [0.15, 0.2) is 0 Å². The molecule has 1 nitrogen and oxygen atoms in total. The Kier molecular flexibility index (Phi) is 5.96. The second-order valence-corrected chi connectivity index (χ2v) is 5.01. The number of aryl methyl sites for hydroxylation is 1. The highest BCUT2D eigenvalue weighted by Crippen LogP contribution is 2.17. The van der Waals surface area contributed by atoms with Crippen molar-refractivity contribution in [1.29, 1.82) is 0 Å². The number of hydrogen-bond donors (Lipinski definition) is 1. The molecule has 1 aromatic rings. The highest BCUT2D eigenvalue weighted by molar-refractivity contribution is 9.10. The Labute approximate surface area is 101 Å². The molecule has 84 valence electrons. The van der Waals surface area contributed by atoms with Crippen molar-refractivity contribution in [2.24, 2.45) is 0 Å². The molecule has 0 saturated heterocycles. The van der Waals surface area contributed by atoms with E-state index in [2.05, 4.69) is 59.4 Å². The summed E-state index contributed by atoms with van der Waals surface area (Å²) in [5.74, 6) is 0. The van der Waals surface area contributed by atoms with Crippen molar-refractivity contribution in [1.82, 2.24) is 5.32 Å². The minimum Gasteiger partial charge on any atom is -0.315 e. The van der Waals surface area contributed by atoms with Crippen LogP contribution >= 0.6 is 15.9 Å². The fourth-order valence-electron chi connectivity index (χ4n) is 1.53. The predicted octanol–water partition coefficient (Wildman–Crippen LogP) is 3.77. The first-order valence-corrected chi connectivity index (χ1v) is 6.46. The Bertz CT molecular complexity index is 284. The van der Waals surface area contributed by atoms with Crippen LogP contribution in [0.25, 0.3) is 0 Å². The van der Waals surface area contributed by atoms with Gasteiger partial charge in [-0.3, -0.25) is 0 Å². The molecule has 0 unspecified atom stereocenters. The Morgan fingerprint density at radius 1 is 1.20 bits per heavy atom. The molecule has 2 heteroatoms. The summed E-state index contributed by atoms with van der Waals surface area (Å²) in [6.45, 7) is 5.50. The average molecular weight is 270 g/mol. The van der Waals surface area contributed by atoms with Gasteiger partial charge in [-0.2, -0.15) is 0 Å². The Hall–Kier alpha value is -0.340. The third-order valence-electron chi connectivity index (χ3n) is 2.38. The van der Waals surface area contributed by atoms with Gasteiger partial charge >= 0.3 is 0 Å². The van der Waals surface area contributed by atoms with Gasteiger partial charge in [0.25, 0.3) is 0 Å². The highest BCUT2D eigenvalue weighted by Gasteiger charge is 1.98. The zero-order chi connectivity index (χ0) is 11.1. The first-order valence-electron chi connectivity index (χ1n) is 5.67. The van der Waals surface area contributed by atoms with Gasteiger partial charge in [0.1, 0.15) is 0 Å². The van der Waals surface area contributed by atoms with Gasteiger partial charge in [0.2, 0.25) is 0 Å². The van der Waals surface area contributed by atoms with E-state index in [1.807, 2.05) is 0 Å². The van der Waals surface area contributed by atoms with Crippen molar-refractivity contribution in [2.45, 2.75) is 39.2 Å². The van der Waals surface area contributed by atoms with Crippen LogP contribution in [0.2, 0.25) is 0 Å². The lowest BCUT2D eigenvalue weighted by Gasteiger charge is -2.08. The number of halogens is 1. The monoisotopic (exact) mass is 269 g/mol. The lowest BCUT2D eigenvalue weighted by molar-refractivity contribution is 0.557. The summed E-state index contributed by atoms with van der Waals surface area (Å²) in [7, 11) is 0. The Balaban J connectivity index is 2.18. The van der Waals surface area contributed by atoms with E-state index in [9.17, 15) is 0 Å². The molecule has 0 amide bonds. The van der Waals surface area contributed by atoms with Crippen molar-refractivity contribution in [2.75, 3.05) is 6.54 Å². The quantitative estimate of drug-likeness (QED) is 0.776. The molecule has 0 heterocycles. The van der Waals surface area contributed by atoms with Crippen LogP contribution in [-0.2, 0) is 6.42 Å². The summed E-state index contributed by atoms with van der Waals surface area (Å²) in [5, 5.41) is 3.43. The summed E-state index contributed by atoms with van der Waals surface area (Å²) in [6.07, 6.45) is 3.67. The Morgan fingerprint density at radius 2 is 1.93 bits per heavy atom. The largest absolute Gasteiger partial charge is 0.315 e. The van der Waals surface area contributed by atoms with Gasteiger partial charge in [-0.25, -0.2) is 0 Å². The van der Waals surface area contributed by atoms with Gasteiger partial charge in [-0.1, -0.05) is 48.0 Å². The average Bonchev–Trinajstić information content (AvgIpc) is 2.20. The van der Waals surface area contributed by atoms with E-state index in [1.165, 1.54) is 29.3 Å². The topological polar surface area (TPSA) is 12.0 Å². The molecule has 1 N–H and O–H groups in total. The summed E-state index contributed by atoms with van der Waals surface area (Å²) in [6, 6.07) is 9.08. The van der Waals surface area contributed by atoms with Crippen molar-refractivity contribution < 1.29 is 0 Å². The summed E-state index contributed by atoms with van der Waals surface area (Å²) in [4.78, 5) is 0. The minimum atomic E-state index is 0.605. The van der Waals surface area contributed by atoms with Crippen molar-refractivity contribution in [3.8, 4) is 0 Å². The summed E-state index contributed by atoms with van der Waals surface area (Å²) >= 11 is 3.57. The molecule has 1 aromatic carbocycles. The molecule has 1 rings (SSSR count). The second kappa shape index (κ2) is 7.02. The number of rotatable bonds is 6. The third kappa shape index (κ3) is 5.33. The number of benzene rings is 1. The zero-order valence-electron chi connectivity index (χ0n) is 9.59. The van der Waals surface area contributed by atoms with Gasteiger partial charge in [-0.15, -0.1) is 0 Å². The van der Waals surface area contributed by atoms with Crippen molar-refractivity contribution >= 4 is 15.9 Å². The lowest BCUT2D eigenvalue weighted by atomic mass is 10.1. The van der Waals surface area contributed by atoms with E-state index in [4.69, 9.17) is 0 Å². The van der Waals surface area contributed by atoms with Crippen LogP contribution in [0.4, 0.5) is 0 Å². The number of nitrogens with one attached hydrogen (secondary N) is 1. The van der Waals surface area contributed by atoms with Crippen LogP contribution in [0.1, 0.15) is 32.3 Å². The predicted molar refractivity (Wildman–Crippen MR) is 70.2 cm³/mol. The van der Waals surface area contributed by atoms with E-state index in [0.29, 0.717) is 6.04 Å². The molecule has 0 aliphatic heterocycles. The summed E-state index contributed by atoms with van der Waals surface area (Å²) in [5.41, 5.74) is 1.42. The SMILES string of the molecule is CC(C)NCCCCc1ccccc1Br. The van der Waals surface area contributed by atoms with Crippen molar-refractivity contribution in [3.63, 3.8) is 0 Å². The van der Waals surface area contributed by atoms with E-state index in [0.717, 1.165) is 6.54 Å². The highest BCUT2D eigenvalue weighted by atomic mass is 79.9. The van der Waals surface area contributed by atoms with E-state index in [1.54, 1.807) is 0 Å². The third-order valence-corrected chi connectivity index (χ3v) is 3.16. The van der Waals surface area contributed by atoms with Crippen LogP contribution in [0, 0.1) is 0 Å². The fourth-order valence-corrected chi connectivity index (χ4v) is 2.02. The van der Waals surface area contributed by atoms with Crippen molar-refractivity contribution in [3.05, 3.63) is 34.3 Å². The number of hydrogen-bond acceptors (Lipinski definition) is 1. The zero-order valence-corrected chi connectivity index (χ0v) is 11.2. The first kappa shape index (κ1) is 12.7. The van der Waals surface area contributed by atoms with E-state index in [-0.39, 0.29) is 0 Å². The molecule has 0 aliphatic carbocycles.